The van der Waals surface area contributed by atoms with Gasteiger partial charge in [0.1, 0.15) is 6.10 Å². The fraction of sp³-hybridized carbons (Fsp3) is 0.700. The first-order chi connectivity index (χ1) is 6.68. The Labute approximate surface area is 108 Å². The molecule has 0 bridgehead atoms. The van der Waals surface area contributed by atoms with E-state index in [-0.39, 0.29) is 37.0 Å². The average Bonchev–Trinajstić information content (AvgIpc) is 2.71. The lowest BCUT2D eigenvalue weighted by Gasteiger charge is -2.11. The van der Waals surface area contributed by atoms with Gasteiger partial charge in [-0.25, -0.2) is 0 Å². The molecule has 2 N–H and O–H groups in total. The number of rotatable bonds is 2. The minimum atomic E-state index is 0. The minimum absolute atomic E-state index is 0. The highest BCUT2D eigenvalue weighted by Gasteiger charge is 2.27. The molecule has 1 fully saturated rings. The molecule has 2 heterocycles. The van der Waals surface area contributed by atoms with Crippen LogP contribution in [-0.2, 0) is 4.74 Å². The molecule has 0 aromatic carbocycles. The van der Waals surface area contributed by atoms with Crippen LogP contribution in [0.4, 0.5) is 0 Å². The highest BCUT2D eigenvalue weighted by atomic mass is 35.5. The topological polar surface area (TPSA) is 53.1 Å². The first-order valence-corrected chi connectivity index (χ1v) is 5.09. The van der Waals surface area contributed by atoms with Gasteiger partial charge in [0.15, 0.2) is 0 Å². The molecule has 2 unspecified atom stereocenters. The van der Waals surface area contributed by atoms with Crippen LogP contribution in [0, 0.1) is 0 Å². The van der Waals surface area contributed by atoms with Crippen molar-refractivity contribution in [2.75, 3.05) is 6.61 Å². The minimum Gasteiger partial charge on any atom is -0.372 e. The molecule has 0 spiro atoms. The highest BCUT2D eigenvalue weighted by Crippen LogP contribution is 2.27. The Morgan fingerprint density at radius 3 is 2.62 bits per heavy atom. The van der Waals surface area contributed by atoms with Crippen molar-refractivity contribution in [1.29, 1.82) is 0 Å². The molecule has 0 radical (unpaired) electrons. The molecule has 1 aliphatic heterocycles. The number of halogens is 2. The van der Waals surface area contributed by atoms with Crippen molar-refractivity contribution in [1.82, 2.24) is 9.78 Å². The average molecular weight is 268 g/mol. The van der Waals surface area contributed by atoms with Crippen LogP contribution in [0.15, 0.2) is 12.4 Å². The molecule has 2 atom stereocenters. The first-order valence-electron chi connectivity index (χ1n) is 5.09. The third kappa shape index (κ3) is 3.10. The molecule has 1 aromatic heterocycles. The Kier molecular flexibility index (Phi) is 6.33. The second-order valence-corrected chi connectivity index (χ2v) is 4.09. The van der Waals surface area contributed by atoms with Gasteiger partial charge in [0, 0.05) is 30.5 Å². The Bertz CT molecular complexity index is 317. The second kappa shape index (κ2) is 6.45. The number of nitrogens with zero attached hydrogens (tertiary/aromatic N) is 2. The van der Waals surface area contributed by atoms with E-state index in [4.69, 9.17) is 10.5 Å². The van der Waals surface area contributed by atoms with Gasteiger partial charge < -0.3 is 10.5 Å². The van der Waals surface area contributed by atoms with Crippen LogP contribution in [0.5, 0.6) is 0 Å². The lowest BCUT2D eigenvalue weighted by atomic mass is 10.1. The van der Waals surface area contributed by atoms with Crippen LogP contribution in [0.25, 0.3) is 0 Å². The summed E-state index contributed by atoms with van der Waals surface area (Å²) in [6, 6.07) is 0.515. The summed E-state index contributed by atoms with van der Waals surface area (Å²) in [5.74, 6) is 0. The van der Waals surface area contributed by atoms with E-state index in [2.05, 4.69) is 18.9 Å². The summed E-state index contributed by atoms with van der Waals surface area (Å²) in [6.07, 6.45) is 4.87. The van der Waals surface area contributed by atoms with E-state index in [0.717, 1.165) is 18.6 Å². The molecule has 0 aliphatic carbocycles. The van der Waals surface area contributed by atoms with Crippen molar-refractivity contribution in [3.05, 3.63) is 18.0 Å². The van der Waals surface area contributed by atoms with Crippen LogP contribution >= 0.6 is 24.8 Å². The summed E-state index contributed by atoms with van der Waals surface area (Å²) in [6.45, 7) is 4.97. The number of hydrogen-bond acceptors (Lipinski definition) is 3. The van der Waals surface area contributed by atoms with Crippen LogP contribution in [-0.4, -0.2) is 22.4 Å². The molecule has 94 valence electrons. The zero-order valence-electron chi connectivity index (χ0n) is 9.50. The summed E-state index contributed by atoms with van der Waals surface area (Å²) in [5.41, 5.74) is 7.03. The van der Waals surface area contributed by atoms with Crippen molar-refractivity contribution >= 4 is 24.8 Å². The van der Waals surface area contributed by atoms with E-state index in [0.29, 0.717) is 6.04 Å². The Morgan fingerprint density at radius 1 is 1.50 bits per heavy atom. The summed E-state index contributed by atoms with van der Waals surface area (Å²) in [4.78, 5) is 0. The zero-order chi connectivity index (χ0) is 10.1. The van der Waals surface area contributed by atoms with Crippen molar-refractivity contribution in [2.45, 2.75) is 38.5 Å². The van der Waals surface area contributed by atoms with Crippen molar-refractivity contribution in [3.8, 4) is 0 Å². The predicted molar refractivity (Wildman–Crippen MR) is 68.4 cm³/mol. The molecule has 1 saturated heterocycles. The Morgan fingerprint density at radius 2 is 2.19 bits per heavy atom. The maximum atomic E-state index is 5.93. The smallest absolute Gasteiger partial charge is 0.101 e. The summed E-state index contributed by atoms with van der Waals surface area (Å²) < 4.78 is 7.50. The van der Waals surface area contributed by atoms with Gasteiger partial charge in [0.25, 0.3) is 0 Å². The molecular weight excluding hydrogens is 249 g/mol. The van der Waals surface area contributed by atoms with E-state index >= 15 is 0 Å². The normalized spacial score (nSPS) is 24.0. The van der Waals surface area contributed by atoms with Crippen LogP contribution in [0.2, 0.25) is 0 Å². The van der Waals surface area contributed by atoms with E-state index in [1.54, 1.807) is 0 Å². The fourth-order valence-electron chi connectivity index (χ4n) is 1.73. The molecule has 2 rings (SSSR count). The summed E-state index contributed by atoms with van der Waals surface area (Å²) >= 11 is 0. The van der Waals surface area contributed by atoms with Crippen LogP contribution < -0.4 is 5.73 Å². The first kappa shape index (κ1) is 15.7. The number of aromatic nitrogens is 2. The molecular formula is C10H19Cl2N3O. The summed E-state index contributed by atoms with van der Waals surface area (Å²) in [7, 11) is 0. The number of ether oxygens (including phenoxy) is 1. The molecule has 6 heteroatoms. The van der Waals surface area contributed by atoms with E-state index in [1.165, 1.54) is 0 Å². The standard InChI is InChI=1S/C10H17N3O.2ClH/c1-7(2)13-6-8(5-12-13)10-9(11)3-4-14-10;;/h5-7,9-10H,3-4,11H2,1-2H3;2*1H. The Hall–Kier alpha value is -0.290. The second-order valence-electron chi connectivity index (χ2n) is 4.09. The van der Waals surface area contributed by atoms with Gasteiger partial charge in [0.05, 0.1) is 6.20 Å². The molecule has 16 heavy (non-hydrogen) atoms. The third-order valence-electron chi connectivity index (χ3n) is 2.62. The van der Waals surface area contributed by atoms with Gasteiger partial charge in [-0.15, -0.1) is 24.8 Å². The van der Waals surface area contributed by atoms with Gasteiger partial charge in [-0.2, -0.15) is 5.10 Å². The predicted octanol–water partition coefficient (Wildman–Crippen LogP) is 2.10. The quantitative estimate of drug-likeness (QED) is 0.893. The monoisotopic (exact) mass is 267 g/mol. The molecule has 4 nitrogen and oxygen atoms in total. The van der Waals surface area contributed by atoms with Crippen LogP contribution in [0.3, 0.4) is 0 Å². The Balaban J connectivity index is 0.00000112. The van der Waals surface area contributed by atoms with Gasteiger partial charge >= 0.3 is 0 Å². The number of hydrogen-bond donors (Lipinski definition) is 1. The zero-order valence-corrected chi connectivity index (χ0v) is 11.1. The lowest BCUT2D eigenvalue weighted by molar-refractivity contribution is 0.105. The maximum Gasteiger partial charge on any atom is 0.101 e. The summed E-state index contributed by atoms with van der Waals surface area (Å²) in [5, 5.41) is 4.28. The van der Waals surface area contributed by atoms with E-state index in [9.17, 15) is 0 Å². The molecule has 0 amide bonds. The SMILES string of the molecule is CC(C)n1cc(C2OCCC2N)cn1.Cl.Cl. The number of nitrogens with two attached hydrogens (primary N) is 1. The largest absolute Gasteiger partial charge is 0.372 e. The van der Waals surface area contributed by atoms with Crippen LogP contribution in [0.1, 0.15) is 38.0 Å². The van der Waals surface area contributed by atoms with E-state index in [1.807, 2.05) is 17.1 Å². The molecule has 1 aromatic rings. The maximum absolute atomic E-state index is 5.93. The van der Waals surface area contributed by atoms with Gasteiger partial charge in [0.2, 0.25) is 0 Å². The van der Waals surface area contributed by atoms with Crippen molar-refractivity contribution in [2.24, 2.45) is 5.73 Å². The van der Waals surface area contributed by atoms with Gasteiger partial charge in [-0.1, -0.05) is 0 Å². The lowest BCUT2D eigenvalue weighted by Crippen LogP contribution is -2.23. The molecule has 0 saturated carbocycles. The highest BCUT2D eigenvalue weighted by molar-refractivity contribution is 5.85. The fourth-order valence-corrected chi connectivity index (χ4v) is 1.73. The third-order valence-corrected chi connectivity index (χ3v) is 2.62. The van der Waals surface area contributed by atoms with Crippen molar-refractivity contribution < 1.29 is 4.74 Å². The van der Waals surface area contributed by atoms with Gasteiger partial charge in [-0.3, -0.25) is 4.68 Å². The van der Waals surface area contributed by atoms with Gasteiger partial charge in [-0.05, 0) is 20.3 Å². The van der Waals surface area contributed by atoms with E-state index < -0.39 is 0 Å². The molecule has 1 aliphatic rings. The van der Waals surface area contributed by atoms with Crippen molar-refractivity contribution in [3.63, 3.8) is 0 Å².